The molecule has 0 aliphatic carbocycles. The van der Waals surface area contributed by atoms with Crippen LogP contribution in [0.3, 0.4) is 0 Å². The van der Waals surface area contributed by atoms with Gasteiger partial charge in [0.15, 0.2) is 0 Å². The molecule has 3 rings (SSSR count). The van der Waals surface area contributed by atoms with E-state index in [9.17, 15) is 14.4 Å². The summed E-state index contributed by atoms with van der Waals surface area (Å²) in [4.78, 5) is 35.2. The van der Waals surface area contributed by atoms with E-state index in [1.807, 2.05) is 12.1 Å². The molecule has 1 atom stereocenters. The molecular formula is C15H17N3O3. The number of amides is 3. The second-order valence-electron chi connectivity index (χ2n) is 5.35. The minimum Gasteiger partial charge on any atom is -0.340 e. The number of hydrogen-bond donors (Lipinski definition) is 3. The highest BCUT2D eigenvalue weighted by Crippen LogP contribution is 2.19. The van der Waals surface area contributed by atoms with Crippen LogP contribution >= 0.6 is 0 Å². The predicted octanol–water partition coefficient (Wildman–Crippen LogP) is -0.133. The van der Waals surface area contributed by atoms with Gasteiger partial charge in [-0.15, -0.1) is 0 Å². The van der Waals surface area contributed by atoms with E-state index in [-0.39, 0.29) is 18.2 Å². The number of nitrogens with one attached hydrogen (secondary N) is 3. The van der Waals surface area contributed by atoms with Gasteiger partial charge in [-0.2, -0.15) is 0 Å². The van der Waals surface area contributed by atoms with Crippen LogP contribution in [0, 0.1) is 0 Å². The molecule has 1 aromatic rings. The van der Waals surface area contributed by atoms with Crippen molar-refractivity contribution in [2.75, 3.05) is 6.54 Å². The molecular weight excluding hydrogens is 270 g/mol. The molecule has 1 aromatic carbocycles. The van der Waals surface area contributed by atoms with Crippen LogP contribution in [0.25, 0.3) is 0 Å². The molecule has 2 aliphatic rings. The second-order valence-corrected chi connectivity index (χ2v) is 5.35. The summed E-state index contributed by atoms with van der Waals surface area (Å²) in [5.41, 5.74) is 2.79. The Bertz CT molecular complexity index is 612. The molecule has 1 fully saturated rings. The molecule has 21 heavy (non-hydrogen) atoms. The number of piperidine rings is 1. The van der Waals surface area contributed by atoms with E-state index in [4.69, 9.17) is 0 Å². The highest BCUT2D eigenvalue weighted by Gasteiger charge is 2.29. The zero-order valence-electron chi connectivity index (χ0n) is 11.6. The van der Waals surface area contributed by atoms with E-state index >= 15 is 0 Å². The Morgan fingerprint density at radius 3 is 2.90 bits per heavy atom. The van der Waals surface area contributed by atoms with E-state index in [2.05, 4.69) is 16.0 Å². The van der Waals surface area contributed by atoms with Crippen molar-refractivity contribution in [2.24, 2.45) is 0 Å². The number of benzene rings is 1. The molecule has 0 spiro atoms. The van der Waals surface area contributed by atoms with Crippen LogP contribution < -0.4 is 16.0 Å². The summed E-state index contributed by atoms with van der Waals surface area (Å²) >= 11 is 0. The Labute approximate surface area is 122 Å². The quantitative estimate of drug-likeness (QED) is 0.661. The van der Waals surface area contributed by atoms with Gasteiger partial charge < -0.3 is 10.6 Å². The van der Waals surface area contributed by atoms with Crippen LogP contribution in [0.1, 0.15) is 34.3 Å². The van der Waals surface area contributed by atoms with Crippen molar-refractivity contribution in [2.45, 2.75) is 31.8 Å². The number of hydrogen-bond acceptors (Lipinski definition) is 4. The van der Waals surface area contributed by atoms with E-state index in [1.165, 1.54) is 0 Å². The standard InChI is InChI=1S/C15H17N3O3/c19-13-5-4-12(15(21)18-13)17-14(20)11-3-1-2-9-8-16-7-6-10(9)11/h1-3,12,16H,4-8H2,(H,17,20)(H,18,19,21). The summed E-state index contributed by atoms with van der Waals surface area (Å²) in [5.74, 6) is -0.956. The Hall–Kier alpha value is -2.21. The van der Waals surface area contributed by atoms with Crippen molar-refractivity contribution in [3.63, 3.8) is 0 Å². The molecule has 0 radical (unpaired) electrons. The molecule has 0 bridgehead atoms. The molecule has 3 amide bonds. The van der Waals surface area contributed by atoms with Crippen LogP contribution in [0.4, 0.5) is 0 Å². The molecule has 1 saturated heterocycles. The summed E-state index contributed by atoms with van der Waals surface area (Å²) < 4.78 is 0. The molecule has 3 N–H and O–H groups in total. The lowest BCUT2D eigenvalue weighted by atomic mass is 9.94. The van der Waals surface area contributed by atoms with Crippen molar-refractivity contribution >= 4 is 17.7 Å². The minimum atomic E-state index is -0.632. The minimum absolute atomic E-state index is 0.247. The van der Waals surface area contributed by atoms with Crippen molar-refractivity contribution in [1.82, 2.24) is 16.0 Å². The summed E-state index contributed by atoms with van der Waals surface area (Å²) in [5, 5.41) is 8.24. The average Bonchev–Trinajstić information content (AvgIpc) is 2.49. The van der Waals surface area contributed by atoms with Gasteiger partial charge in [-0.3, -0.25) is 19.7 Å². The highest BCUT2D eigenvalue weighted by atomic mass is 16.2. The molecule has 2 heterocycles. The van der Waals surface area contributed by atoms with Crippen molar-refractivity contribution in [3.8, 4) is 0 Å². The number of imide groups is 1. The van der Waals surface area contributed by atoms with Crippen LogP contribution in [-0.2, 0) is 22.6 Å². The predicted molar refractivity (Wildman–Crippen MR) is 75.5 cm³/mol. The summed E-state index contributed by atoms with van der Waals surface area (Å²) in [6, 6.07) is 5.01. The molecule has 0 saturated carbocycles. The molecule has 6 heteroatoms. The zero-order chi connectivity index (χ0) is 14.8. The first-order valence-corrected chi connectivity index (χ1v) is 7.11. The lowest BCUT2D eigenvalue weighted by Crippen LogP contribution is -2.52. The van der Waals surface area contributed by atoms with E-state index in [0.29, 0.717) is 12.0 Å². The second kappa shape index (κ2) is 5.65. The molecule has 110 valence electrons. The fourth-order valence-electron chi connectivity index (χ4n) is 2.81. The molecule has 0 aromatic heterocycles. The van der Waals surface area contributed by atoms with Gasteiger partial charge in [0.05, 0.1) is 0 Å². The van der Waals surface area contributed by atoms with Crippen LogP contribution in [0.2, 0.25) is 0 Å². The third-order valence-electron chi connectivity index (χ3n) is 3.93. The van der Waals surface area contributed by atoms with Crippen LogP contribution in [0.15, 0.2) is 18.2 Å². The molecule has 2 aliphatic heterocycles. The first-order valence-electron chi connectivity index (χ1n) is 7.11. The van der Waals surface area contributed by atoms with Gasteiger partial charge in [0.2, 0.25) is 11.8 Å². The van der Waals surface area contributed by atoms with Gasteiger partial charge in [-0.05, 0) is 36.6 Å². The lowest BCUT2D eigenvalue weighted by Gasteiger charge is -2.24. The molecule has 1 unspecified atom stereocenters. The maximum Gasteiger partial charge on any atom is 0.252 e. The smallest absolute Gasteiger partial charge is 0.252 e. The van der Waals surface area contributed by atoms with Gasteiger partial charge >= 0.3 is 0 Å². The molecule has 6 nitrogen and oxygen atoms in total. The number of carbonyl (C=O) groups is 3. The van der Waals surface area contributed by atoms with Crippen molar-refractivity contribution in [3.05, 3.63) is 34.9 Å². The fourth-order valence-corrected chi connectivity index (χ4v) is 2.81. The average molecular weight is 287 g/mol. The van der Waals surface area contributed by atoms with Gasteiger partial charge in [0, 0.05) is 18.5 Å². The summed E-state index contributed by atoms with van der Waals surface area (Å²) in [6.45, 7) is 1.60. The number of carbonyl (C=O) groups excluding carboxylic acids is 3. The number of rotatable bonds is 2. The normalized spacial score (nSPS) is 21.4. The third-order valence-corrected chi connectivity index (χ3v) is 3.93. The first-order chi connectivity index (χ1) is 10.1. The Kier molecular flexibility index (Phi) is 3.70. The Morgan fingerprint density at radius 1 is 1.24 bits per heavy atom. The number of fused-ring (bicyclic) bond motifs is 1. The van der Waals surface area contributed by atoms with E-state index in [0.717, 1.165) is 30.6 Å². The van der Waals surface area contributed by atoms with Crippen LogP contribution in [0.5, 0.6) is 0 Å². The zero-order valence-corrected chi connectivity index (χ0v) is 11.6. The summed E-state index contributed by atoms with van der Waals surface area (Å²) in [7, 11) is 0. The maximum atomic E-state index is 12.4. The largest absolute Gasteiger partial charge is 0.340 e. The topological polar surface area (TPSA) is 87.3 Å². The van der Waals surface area contributed by atoms with Gasteiger partial charge in [-0.1, -0.05) is 12.1 Å². The van der Waals surface area contributed by atoms with Crippen LogP contribution in [-0.4, -0.2) is 30.3 Å². The fraction of sp³-hybridized carbons (Fsp3) is 0.400. The SMILES string of the molecule is O=C1CCC(NC(=O)c2cccc3c2CCNC3)C(=O)N1. The van der Waals surface area contributed by atoms with Gasteiger partial charge in [0.25, 0.3) is 5.91 Å². The van der Waals surface area contributed by atoms with Crippen molar-refractivity contribution < 1.29 is 14.4 Å². The van der Waals surface area contributed by atoms with E-state index < -0.39 is 11.9 Å². The monoisotopic (exact) mass is 287 g/mol. The lowest BCUT2D eigenvalue weighted by molar-refractivity contribution is -0.134. The summed E-state index contributed by atoms with van der Waals surface area (Å²) in [6.07, 6.45) is 1.41. The van der Waals surface area contributed by atoms with Gasteiger partial charge in [0.1, 0.15) is 6.04 Å². The maximum absolute atomic E-state index is 12.4. The first kappa shape index (κ1) is 13.8. The third kappa shape index (κ3) is 2.80. The Morgan fingerprint density at radius 2 is 2.10 bits per heavy atom. The van der Waals surface area contributed by atoms with Gasteiger partial charge in [-0.25, -0.2) is 0 Å². The Balaban J connectivity index is 1.77. The highest BCUT2D eigenvalue weighted by molar-refractivity contribution is 6.04. The van der Waals surface area contributed by atoms with Crippen molar-refractivity contribution in [1.29, 1.82) is 0 Å². The van der Waals surface area contributed by atoms with E-state index in [1.54, 1.807) is 6.07 Å².